The normalized spacial score (nSPS) is 20.0. The first-order valence-electron chi connectivity index (χ1n) is 8.80. The molecule has 2 N–H and O–H groups in total. The van der Waals surface area contributed by atoms with Gasteiger partial charge in [-0.2, -0.15) is 0 Å². The number of fused-ring (bicyclic) bond motifs is 1. The molecular formula is C19H21N3O3S. The summed E-state index contributed by atoms with van der Waals surface area (Å²) in [5.74, 6) is 0.263. The standard InChI is InChI=1S/C19H21N3O3S/c23-18-12-25-17-9-13(5-6-16(17)21-18)19(24)20-14-3-1-7-22(10-14)11-15-4-2-8-26-15/h2,4-6,8-9,14H,1,3,7,10-12H2,(H,20,24)(H,21,23). The zero-order valence-electron chi connectivity index (χ0n) is 14.4. The minimum absolute atomic E-state index is 0.0155. The van der Waals surface area contributed by atoms with Gasteiger partial charge in [0.05, 0.1) is 5.69 Å². The number of nitrogens with zero attached hydrogens (tertiary/aromatic N) is 1. The van der Waals surface area contributed by atoms with Gasteiger partial charge >= 0.3 is 0 Å². The van der Waals surface area contributed by atoms with Crippen LogP contribution >= 0.6 is 11.3 Å². The number of ether oxygens (including phenoxy) is 1. The molecule has 0 saturated carbocycles. The Morgan fingerprint density at radius 1 is 1.38 bits per heavy atom. The highest BCUT2D eigenvalue weighted by atomic mass is 32.1. The highest BCUT2D eigenvalue weighted by Crippen LogP contribution is 2.28. The van der Waals surface area contributed by atoms with Gasteiger partial charge in [-0.25, -0.2) is 0 Å². The lowest BCUT2D eigenvalue weighted by Crippen LogP contribution is -2.47. The van der Waals surface area contributed by atoms with E-state index in [9.17, 15) is 9.59 Å². The first-order chi connectivity index (χ1) is 12.7. The molecule has 136 valence electrons. The van der Waals surface area contributed by atoms with Gasteiger partial charge in [0.1, 0.15) is 5.75 Å². The lowest BCUT2D eigenvalue weighted by atomic mass is 10.0. The number of benzene rings is 1. The van der Waals surface area contributed by atoms with Gasteiger partial charge in [0, 0.05) is 29.6 Å². The molecule has 6 nitrogen and oxygen atoms in total. The zero-order valence-corrected chi connectivity index (χ0v) is 15.2. The molecule has 1 aromatic carbocycles. The second kappa shape index (κ2) is 7.47. The second-order valence-corrected chi connectivity index (χ2v) is 7.71. The van der Waals surface area contributed by atoms with Crippen molar-refractivity contribution in [3.8, 4) is 5.75 Å². The maximum Gasteiger partial charge on any atom is 0.262 e. The summed E-state index contributed by atoms with van der Waals surface area (Å²) >= 11 is 1.77. The minimum atomic E-state index is -0.178. The fourth-order valence-corrected chi connectivity index (χ4v) is 4.17. The third-order valence-corrected chi connectivity index (χ3v) is 5.54. The molecule has 1 unspecified atom stereocenters. The molecule has 4 rings (SSSR count). The van der Waals surface area contributed by atoms with E-state index in [0.717, 1.165) is 32.5 Å². The molecule has 7 heteroatoms. The van der Waals surface area contributed by atoms with Crippen molar-refractivity contribution in [2.75, 3.05) is 25.0 Å². The van der Waals surface area contributed by atoms with Crippen LogP contribution in [0.2, 0.25) is 0 Å². The number of carbonyl (C=O) groups excluding carboxylic acids is 2. The topological polar surface area (TPSA) is 70.7 Å². The van der Waals surface area contributed by atoms with Crippen molar-refractivity contribution in [2.24, 2.45) is 0 Å². The van der Waals surface area contributed by atoms with E-state index in [-0.39, 0.29) is 24.5 Å². The fraction of sp³-hybridized carbons (Fsp3) is 0.368. The van der Waals surface area contributed by atoms with Crippen LogP contribution in [0, 0.1) is 0 Å². The Morgan fingerprint density at radius 2 is 2.31 bits per heavy atom. The van der Waals surface area contributed by atoms with Crippen molar-refractivity contribution in [2.45, 2.75) is 25.4 Å². The summed E-state index contributed by atoms with van der Waals surface area (Å²) in [4.78, 5) is 27.7. The Bertz CT molecular complexity index is 806. The lowest BCUT2D eigenvalue weighted by molar-refractivity contribution is -0.118. The molecule has 2 aromatic rings. The van der Waals surface area contributed by atoms with Crippen LogP contribution in [0.1, 0.15) is 28.1 Å². The van der Waals surface area contributed by atoms with E-state index in [2.05, 4.69) is 33.0 Å². The summed E-state index contributed by atoms with van der Waals surface area (Å²) in [5, 5.41) is 7.97. The average molecular weight is 371 g/mol. The van der Waals surface area contributed by atoms with E-state index < -0.39 is 0 Å². The van der Waals surface area contributed by atoms with Crippen molar-refractivity contribution in [3.63, 3.8) is 0 Å². The highest BCUT2D eigenvalue weighted by Gasteiger charge is 2.23. The van der Waals surface area contributed by atoms with E-state index in [1.54, 1.807) is 29.5 Å². The molecule has 0 radical (unpaired) electrons. The number of amides is 2. The first kappa shape index (κ1) is 17.1. The summed E-state index contributed by atoms with van der Waals surface area (Å²) in [6.45, 7) is 2.85. The molecule has 1 saturated heterocycles. The zero-order chi connectivity index (χ0) is 17.9. The van der Waals surface area contributed by atoms with Crippen LogP contribution in [0.4, 0.5) is 5.69 Å². The molecule has 26 heavy (non-hydrogen) atoms. The van der Waals surface area contributed by atoms with E-state index >= 15 is 0 Å². The van der Waals surface area contributed by atoms with Gasteiger partial charge in [0.25, 0.3) is 11.8 Å². The third-order valence-electron chi connectivity index (χ3n) is 4.68. The summed E-state index contributed by atoms with van der Waals surface area (Å²) in [6, 6.07) is 9.49. The van der Waals surface area contributed by atoms with Gasteiger partial charge in [-0.05, 0) is 49.0 Å². The van der Waals surface area contributed by atoms with Crippen molar-refractivity contribution >= 4 is 28.8 Å². The van der Waals surface area contributed by atoms with Crippen molar-refractivity contribution in [1.29, 1.82) is 0 Å². The number of hydrogen-bond donors (Lipinski definition) is 2. The van der Waals surface area contributed by atoms with Crippen LogP contribution in [0.15, 0.2) is 35.7 Å². The maximum atomic E-state index is 12.6. The molecule has 1 aromatic heterocycles. The van der Waals surface area contributed by atoms with Gasteiger partial charge < -0.3 is 15.4 Å². The SMILES string of the molecule is O=C1COc2cc(C(=O)NC3CCCN(Cc4cccs4)C3)ccc2N1. The summed E-state index contributed by atoms with van der Waals surface area (Å²) in [6.07, 6.45) is 2.07. The van der Waals surface area contributed by atoms with Crippen molar-refractivity contribution < 1.29 is 14.3 Å². The first-order valence-corrected chi connectivity index (χ1v) is 9.67. The summed E-state index contributed by atoms with van der Waals surface area (Å²) < 4.78 is 5.39. The third kappa shape index (κ3) is 3.89. The smallest absolute Gasteiger partial charge is 0.262 e. The number of thiophene rings is 1. The number of anilines is 1. The molecule has 2 amide bonds. The van der Waals surface area contributed by atoms with E-state index in [1.165, 1.54) is 4.88 Å². The maximum absolute atomic E-state index is 12.6. The van der Waals surface area contributed by atoms with Gasteiger partial charge in [0.2, 0.25) is 0 Å². The van der Waals surface area contributed by atoms with Crippen LogP contribution in [0.3, 0.4) is 0 Å². The molecule has 3 heterocycles. The van der Waals surface area contributed by atoms with Crippen LogP contribution in [-0.4, -0.2) is 42.5 Å². The van der Waals surface area contributed by atoms with E-state index in [0.29, 0.717) is 17.0 Å². The van der Waals surface area contributed by atoms with Gasteiger partial charge in [-0.1, -0.05) is 6.07 Å². The second-order valence-electron chi connectivity index (χ2n) is 6.67. The number of piperidine rings is 1. The van der Waals surface area contributed by atoms with Crippen molar-refractivity contribution in [3.05, 3.63) is 46.2 Å². The minimum Gasteiger partial charge on any atom is -0.482 e. The van der Waals surface area contributed by atoms with Gasteiger partial charge in [0.15, 0.2) is 6.61 Å². The molecule has 1 atom stereocenters. The summed E-state index contributed by atoms with van der Waals surface area (Å²) in [7, 11) is 0. The average Bonchev–Trinajstić information content (AvgIpc) is 3.14. The number of rotatable bonds is 4. The Morgan fingerprint density at radius 3 is 3.15 bits per heavy atom. The predicted molar refractivity (Wildman–Crippen MR) is 101 cm³/mol. The van der Waals surface area contributed by atoms with Crippen LogP contribution in [-0.2, 0) is 11.3 Å². The molecule has 1 fully saturated rings. The van der Waals surface area contributed by atoms with Crippen LogP contribution in [0.25, 0.3) is 0 Å². The Hall–Kier alpha value is -2.38. The number of likely N-dealkylation sites (tertiary alicyclic amines) is 1. The number of hydrogen-bond acceptors (Lipinski definition) is 5. The molecule has 2 aliphatic heterocycles. The fourth-order valence-electron chi connectivity index (χ4n) is 3.42. The highest BCUT2D eigenvalue weighted by molar-refractivity contribution is 7.09. The Kier molecular flexibility index (Phi) is 4.90. The molecular weight excluding hydrogens is 350 g/mol. The molecule has 0 bridgehead atoms. The van der Waals surface area contributed by atoms with Crippen LogP contribution in [0.5, 0.6) is 5.75 Å². The largest absolute Gasteiger partial charge is 0.482 e. The summed E-state index contributed by atoms with van der Waals surface area (Å²) in [5.41, 5.74) is 1.16. The van der Waals surface area contributed by atoms with E-state index in [1.807, 2.05) is 0 Å². The molecule has 0 spiro atoms. The van der Waals surface area contributed by atoms with Gasteiger partial charge in [-0.3, -0.25) is 14.5 Å². The van der Waals surface area contributed by atoms with Crippen molar-refractivity contribution in [1.82, 2.24) is 10.2 Å². The van der Waals surface area contributed by atoms with E-state index in [4.69, 9.17) is 4.74 Å². The molecule has 2 aliphatic rings. The lowest BCUT2D eigenvalue weighted by Gasteiger charge is -2.32. The number of carbonyl (C=O) groups is 2. The molecule has 0 aliphatic carbocycles. The predicted octanol–water partition coefficient (Wildman–Crippen LogP) is 2.47. The Labute approximate surface area is 156 Å². The quantitative estimate of drug-likeness (QED) is 0.866. The monoisotopic (exact) mass is 371 g/mol. The van der Waals surface area contributed by atoms with Gasteiger partial charge in [-0.15, -0.1) is 11.3 Å². The number of nitrogens with one attached hydrogen (secondary N) is 2. The Balaban J connectivity index is 1.37. The van der Waals surface area contributed by atoms with Crippen LogP contribution < -0.4 is 15.4 Å².